The number of nitrogens with zero attached hydrogens (tertiary/aromatic N) is 1. The van der Waals surface area contributed by atoms with Gasteiger partial charge in [-0.05, 0) is 13.3 Å². The molecule has 2 rings (SSSR count). The van der Waals surface area contributed by atoms with Crippen LogP contribution in [0.5, 0.6) is 0 Å². The zero-order valence-electron chi connectivity index (χ0n) is 11.6. The predicted octanol–water partition coefficient (Wildman–Crippen LogP) is 1.82. The quantitative estimate of drug-likeness (QED) is 0.866. The van der Waals surface area contributed by atoms with Gasteiger partial charge in [0.25, 0.3) is 5.56 Å². The van der Waals surface area contributed by atoms with Crippen LogP contribution in [0.15, 0.2) is 21.9 Å². The molecular formula is C13H18ClFN2O3. The highest BCUT2D eigenvalue weighted by atomic mass is 35.5. The Labute approximate surface area is 120 Å². The van der Waals surface area contributed by atoms with Crippen molar-refractivity contribution in [1.29, 1.82) is 0 Å². The van der Waals surface area contributed by atoms with E-state index in [0.29, 0.717) is 6.42 Å². The third-order valence-corrected chi connectivity index (χ3v) is 4.81. The number of ether oxygens (including phenoxy) is 1. The number of hydrogen-bond acceptors (Lipinski definition) is 3. The minimum Gasteiger partial charge on any atom is -0.346 e. The van der Waals surface area contributed by atoms with E-state index in [9.17, 15) is 14.0 Å². The van der Waals surface area contributed by atoms with E-state index in [-0.39, 0.29) is 5.92 Å². The summed E-state index contributed by atoms with van der Waals surface area (Å²) in [7, 11) is 0. The van der Waals surface area contributed by atoms with Gasteiger partial charge in [0.2, 0.25) is 0 Å². The molecule has 1 aliphatic rings. The topological polar surface area (TPSA) is 64.1 Å². The summed E-state index contributed by atoms with van der Waals surface area (Å²) in [4.78, 5) is 25.1. The fraction of sp³-hybridized carbons (Fsp3) is 0.692. The Hall–Kier alpha value is -1.14. The smallest absolute Gasteiger partial charge is 0.330 e. The standard InChI is InChI=1S/C13H18ClFN2O3/c1-4-13(8(3)15)7(2)10(14)11(20-13)17-6-5-9(18)16-12(17)19/h5-8,10-11H,4H2,1-3H3,(H,16,18,19)/t7-,8?,10+,11+,13+/m0/s1. The number of aromatic nitrogens is 2. The SMILES string of the molecule is CC[C@@]1(C(C)F)O[C@@H](n2ccc(=O)[nH]c2=O)[C@H](Cl)[C@@H]1C. The number of halogens is 2. The van der Waals surface area contributed by atoms with Crippen molar-refractivity contribution in [2.45, 2.75) is 50.6 Å². The lowest BCUT2D eigenvalue weighted by Crippen LogP contribution is -2.43. The monoisotopic (exact) mass is 304 g/mol. The molecule has 5 atom stereocenters. The van der Waals surface area contributed by atoms with Gasteiger partial charge in [0.15, 0.2) is 6.23 Å². The minimum atomic E-state index is -1.22. The van der Waals surface area contributed by atoms with Crippen LogP contribution < -0.4 is 11.2 Å². The van der Waals surface area contributed by atoms with E-state index in [1.165, 1.54) is 23.8 Å². The van der Waals surface area contributed by atoms with Crippen LogP contribution in [0.3, 0.4) is 0 Å². The van der Waals surface area contributed by atoms with Crippen molar-refractivity contribution in [3.8, 4) is 0 Å². The van der Waals surface area contributed by atoms with Crippen LogP contribution in [0.25, 0.3) is 0 Å². The maximum atomic E-state index is 14.0. The lowest BCUT2D eigenvalue weighted by molar-refractivity contribution is -0.123. The number of aromatic amines is 1. The molecule has 1 saturated heterocycles. The highest BCUT2D eigenvalue weighted by Crippen LogP contribution is 2.48. The van der Waals surface area contributed by atoms with Gasteiger partial charge in [-0.2, -0.15) is 0 Å². The molecule has 0 amide bonds. The third kappa shape index (κ3) is 2.20. The maximum absolute atomic E-state index is 14.0. The summed E-state index contributed by atoms with van der Waals surface area (Å²) in [6.45, 7) is 5.07. The van der Waals surface area contributed by atoms with Gasteiger partial charge in [0.05, 0.1) is 5.38 Å². The van der Waals surface area contributed by atoms with Gasteiger partial charge in [0.1, 0.15) is 11.8 Å². The van der Waals surface area contributed by atoms with Crippen molar-refractivity contribution in [3.05, 3.63) is 33.1 Å². The number of rotatable bonds is 3. The van der Waals surface area contributed by atoms with Gasteiger partial charge in [0, 0.05) is 18.2 Å². The number of nitrogens with one attached hydrogen (secondary N) is 1. The predicted molar refractivity (Wildman–Crippen MR) is 73.8 cm³/mol. The molecule has 1 fully saturated rings. The third-order valence-electron chi connectivity index (χ3n) is 4.21. The summed E-state index contributed by atoms with van der Waals surface area (Å²) in [6.07, 6.45) is -0.243. The Morgan fingerprint density at radius 3 is 2.70 bits per heavy atom. The zero-order chi connectivity index (χ0) is 15.1. The molecule has 7 heteroatoms. The van der Waals surface area contributed by atoms with Crippen molar-refractivity contribution in [1.82, 2.24) is 9.55 Å². The molecule has 1 aromatic rings. The van der Waals surface area contributed by atoms with Gasteiger partial charge < -0.3 is 4.74 Å². The van der Waals surface area contributed by atoms with Crippen molar-refractivity contribution in [3.63, 3.8) is 0 Å². The van der Waals surface area contributed by atoms with Crippen LogP contribution >= 0.6 is 11.6 Å². The lowest BCUT2D eigenvalue weighted by Gasteiger charge is -2.33. The fourth-order valence-electron chi connectivity index (χ4n) is 2.89. The van der Waals surface area contributed by atoms with Crippen LogP contribution in [0, 0.1) is 5.92 Å². The molecule has 1 N–H and O–H groups in total. The van der Waals surface area contributed by atoms with E-state index in [1.807, 2.05) is 13.8 Å². The fourth-order valence-corrected chi connectivity index (χ4v) is 3.28. The average molecular weight is 305 g/mol. The van der Waals surface area contributed by atoms with E-state index in [2.05, 4.69) is 4.98 Å². The summed E-state index contributed by atoms with van der Waals surface area (Å²) >= 11 is 6.34. The molecule has 0 aromatic carbocycles. The molecule has 2 heterocycles. The second-order valence-electron chi connectivity index (χ2n) is 5.18. The van der Waals surface area contributed by atoms with E-state index < -0.39 is 34.6 Å². The first-order chi connectivity index (χ1) is 9.33. The highest BCUT2D eigenvalue weighted by molar-refractivity contribution is 6.21. The molecule has 1 aromatic heterocycles. The number of alkyl halides is 2. The Morgan fingerprint density at radius 1 is 1.60 bits per heavy atom. The summed E-state index contributed by atoms with van der Waals surface area (Å²) in [5.74, 6) is -0.266. The summed E-state index contributed by atoms with van der Waals surface area (Å²) < 4.78 is 21.0. The van der Waals surface area contributed by atoms with Crippen molar-refractivity contribution in [2.24, 2.45) is 5.92 Å². The first-order valence-corrected chi connectivity index (χ1v) is 7.04. The molecule has 0 spiro atoms. The first kappa shape index (κ1) is 15.3. The zero-order valence-corrected chi connectivity index (χ0v) is 12.4. The Bertz CT molecular complexity index is 600. The summed E-state index contributed by atoms with van der Waals surface area (Å²) in [5.41, 5.74) is -2.13. The minimum absolute atomic E-state index is 0.266. The number of H-pyrrole nitrogens is 1. The van der Waals surface area contributed by atoms with Crippen molar-refractivity contribution in [2.75, 3.05) is 0 Å². The Kier molecular flexibility index (Phi) is 4.07. The normalized spacial score (nSPS) is 35.1. The largest absolute Gasteiger partial charge is 0.346 e. The van der Waals surface area contributed by atoms with E-state index >= 15 is 0 Å². The molecule has 1 unspecified atom stereocenters. The van der Waals surface area contributed by atoms with Gasteiger partial charge in [-0.15, -0.1) is 11.6 Å². The van der Waals surface area contributed by atoms with E-state index in [0.717, 1.165) is 0 Å². The Balaban J connectivity index is 2.45. The molecule has 1 aliphatic heterocycles. The summed E-state index contributed by atoms with van der Waals surface area (Å²) in [6, 6.07) is 1.21. The molecule has 0 radical (unpaired) electrons. The lowest BCUT2D eigenvalue weighted by atomic mass is 9.83. The second kappa shape index (κ2) is 5.33. The maximum Gasteiger partial charge on any atom is 0.330 e. The van der Waals surface area contributed by atoms with Crippen LogP contribution in [0.1, 0.15) is 33.4 Å². The first-order valence-electron chi connectivity index (χ1n) is 6.61. The molecule has 0 bridgehead atoms. The highest BCUT2D eigenvalue weighted by Gasteiger charge is 2.55. The molecule has 112 valence electrons. The second-order valence-corrected chi connectivity index (χ2v) is 5.69. The van der Waals surface area contributed by atoms with Crippen LogP contribution in [0.4, 0.5) is 4.39 Å². The van der Waals surface area contributed by atoms with E-state index in [1.54, 1.807) is 0 Å². The Morgan fingerprint density at radius 2 is 2.25 bits per heavy atom. The average Bonchev–Trinajstić information content (AvgIpc) is 2.64. The molecule has 5 nitrogen and oxygen atoms in total. The van der Waals surface area contributed by atoms with Crippen LogP contribution in [-0.4, -0.2) is 26.7 Å². The summed E-state index contributed by atoms with van der Waals surface area (Å²) in [5, 5.41) is -0.559. The van der Waals surface area contributed by atoms with E-state index in [4.69, 9.17) is 16.3 Å². The molecular weight excluding hydrogens is 287 g/mol. The van der Waals surface area contributed by atoms with Crippen molar-refractivity contribution < 1.29 is 9.13 Å². The van der Waals surface area contributed by atoms with Crippen LogP contribution in [-0.2, 0) is 4.74 Å². The van der Waals surface area contributed by atoms with Gasteiger partial charge >= 0.3 is 5.69 Å². The van der Waals surface area contributed by atoms with Crippen molar-refractivity contribution >= 4 is 11.6 Å². The van der Waals surface area contributed by atoms with Gasteiger partial charge in [-0.25, -0.2) is 9.18 Å². The molecule has 20 heavy (non-hydrogen) atoms. The molecule has 0 aliphatic carbocycles. The van der Waals surface area contributed by atoms with Crippen LogP contribution in [0.2, 0.25) is 0 Å². The molecule has 0 saturated carbocycles. The van der Waals surface area contributed by atoms with Gasteiger partial charge in [-0.3, -0.25) is 14.3 Å². The van der Waals surface area contributed by atoms with Gasteiger partial charge in [-0.1, -0.05) is 13.8 Å². The number of hydrogen-bond donors (Lipinski definition) is 1.